The fraction of sp³-hybridized carbons (Fsp3) is 0.714. The molecule has 0 saturated carbocycles. The van der Waals surface area contributed by atoms with Gasteiger partial charge in [-0.1, -0.05) is 0 Å². The molecule has 5 nitrogen and oxygen atoms in total. The zero-order valence-corrected chi connectivity index (χ0v) is 7.04. The van der Waals surface area contributed by atoms with Crippen LogP contribution in [-0.4, -0.2) is 38.0 Å². The average molecular weight is 171 g/mol. The van der Waals surface area contributed by atoms with Crippen molar-refractivity contribution in [3.63, 3.8) is 0 Å². The van der Waals surface area contributed by atoms with Gasteiger partial charge in [-0.15, -0.1) is 0 Å². The van der Waals surface area contributed by atoms with Crippen molar-refractivity contribution in [2.75, 3.05) is 20.2 Å². The lowest BCUT2D eigenvalue weighted by atomic mass is 10.2. The van der Waals surface area contributed by atoms with E-state index in [4.69, 9.17) is 5.73 Å². The second-order valence-electron chi connectivity index (χ2n) is 2.69. The summed E-state index contributed by atoms with van der Waals surface area (Å²) in [6.45, 7) is 1.70. The number of ether oxygens (including phenoxy) is 1. The van der Waals surface area contributed by atoms with Crippen LogP contribution in [0, 0.1) is 0 Å². The topological polar surface area (TPSA) is 76.7 Å². The van der Waals surface area contributed by atoms with Crippen LogP contribution in [0.15, 0.2) is 4.99 Å². The van der Waals surface area contributed by atoms with Crippen molar-refractivity contribution >= 4 is 11.8 Å². The van der Waals surface area contributed by atoms with Crippen molar-refractivity contribution in [2.24, 2.45) is 10.7 Å². The first-order valence-corrected chi connectivity index (χ1v) is 3.82. The quantitative estimate of drug-likeness (QED) is 0.320. The molecule has 1 saturated heterocycles. The zero-order chi connectivity index (χ0) is 8.97. The molecule has 1 rings (SSSR count). The van der Waals surface area contributed by atoms with Gasteiger partial charge in [0, 0.05) is 13.1 Å². The third kappa shape index (κ3) is 2.50. The van der Waals surface area contributed by atoms with E-state index in [1.165, 1.54) is 7.11 Å². The lowest BCUT2D eigenvalue weighted by Gasteiger charge is -2.23. The molecule has 0 amide bonds. The molecule has 0 aliphatic carbocycles. The Bertz CT molecular complexity index is 199. The SMILES string of the molecule is COC(=O)CC(N)=NC1CNC1. The van der Waals surface area contributed by atoms with Gasteiger partial charge in [0.25, 0.3) is 0 Å². The second-order valence-corrected chi connectivity index (χ2v) is 2.69. The summed E-state index contributed by atoms with van der Waals surface area (Å²) in [6.07, 6.45) is 0.0903. The molecule has 0 aromatic carbocycles. The van der Waals surface area contributed by atoms with E-state index >= 15 is 0 Å². The van der Waals surface area contributed by atoms with E-state index < -0.39 is 0 Å². The molecule has 0 unspecified atom stereocenters. The van der Waals surface area contributed by atoms with Crippen LogP contribution in [0.1, 0.15) is 6.42 Å². The van der Waals surface area contributed by atoms with Crippen LogP contribution in [0.3, 0.4) is 0 Å². The number of nitrogens with one attached hydrogen (secondary N) is 1. The molecule has 0 radical (unpaired) electrons. The van der Waals surface area contributed by atoms with E-state index in [-0.39, 0.29) is 18.4 Å². The molecule has 0 aromatic heterocycles. The second kappa shape index (κ2) is 4.06. The minimum absolute atomic E-state index is 0.0903. The van der Waals surface area contributed by atoms with E-state index in [2.05, 4.69) is 15.0 Å². The summed E-state index contributed by atoms with van der Waals surface area (Å²) in [5, 5.41) is 3.06. The van der Waals surface area contributed by atoms with Crippen molar-refractivity contribution in [2.45, 2.75) is 12.5 Å². The molecule has 0 aromatic rings. The Morgan fingerprint density at radius 1 is 1.75 bits per heavy atom. The van der Waals surface area contributed by atoms with Gasteiger partial charge in [0.1, 0.15) is 12.3 Å². The highest BCUT2D eigenvalue weighted by Gasteiger charge is 2.16. The molecule has 1 aliphatic rings. The van der Waals surface area contributed by atoms with Gasteiger partial charge in [0.2, 0.25) is 0 Å². The molecule has 1 heterocycles. The number of esters is 1. The summed E-state index contributed by atoms with van der Waals surface area (Å²) < 4.78 is 4.44. The normalized spacial score (nSPS) is 18.6. The molecular formula is C7H13N3O2. The number of nitrogens with two attached hydrogens (primary N) is 1. The van der Waals surface area contributed by atoms with Gasteiger partial charge in [-0.3, -0.25) is 9.79 Å². The lowest BCUT2D eigenvalue weighted by molar-refractivity contribution is -0.139. The smallest absolute Gasteiger partial charge is 0.313 e. The van der Waals surface area contributed by atoms with Crippen molar-refractivity contribution in [1.29, 1.82) is 0 Å². The number of methoxy groups -OCH3 is 1. The van der Waals surface area contributed by atoms with Crippen molar-refractivity contribution in [1.82, 2.24) is 5.32 Å². The van der Waals surface area contributed by atoms with Crippen LogP contribution in [0.25, 0.3) is 0 Å². The lowest BCUT2D eigenvalue weighted by Crippen LogP contribution is -2.46. The number of nitrogens with zero attached hydrogens (tertiary/aromatic N) is 1. The predicted molar refractivity (Wildman–Crippen MR) is 44.9 cm³/mol. The number of hydrogen-bond acceptors (Lipinski definition) is 4. The Hall–Kier alpha value is -1.10. The van der Waals surface area contributed by atoms with E-state index in [1.807, 2.05) is 0 Å². The van der Waals surface area contributed by atoms with Crippen LogP contribution >= 0.6 is 0 Å². The van der Waals surface area contributed by atoms with Crippen molar-refractivity contribution in [3.8, 4) is 0 Å². The van der Waals surface area contributed by atoms with E-state index in [9.17, 15) is 4.79 Å². The van der Waals surface area contributed by atoms with E-state index in [0.717, 1.165) is 13.1 Å². The van der Waals surface area contributed by atoms with Crippen molar-refractivity contribution < 1.29 is 9.53 Å². The number of amidine groups is 1. The molecular weight excluding hydrogens is 158 g/mol. The molecule has 3 N–H and O–H groups in total. The van der Waals surface area contributed by atoms with Crippen LogP contribution in [-0.2, 0) is 9.53 Å². The number of carbonyl (C=O) groups excluding carboxylic acids is 1. The highest BCUT2D eigenvalue weighted by Crippen LogP contribution is 1.98. The molecule has 5 heteroatoms. The van der Waals surface area contributed by atoms with E-state index in [0.29, 0.717) is 5.84 Å². The van der Waals surface area contributed by atoms with Gasteiger partial charge in [-0.05, 0) is 0 Å². The predicted octanol–water partition coefficient (Wildman–Crippen LogP) is -1.12. The average Bonchev–Trinajstić information content (AvgIpc) is 1.97. The first-order chi connectivity index (χ1) is 5.72. The maximum atomic E-state index is 10.7. The molecule has 1 aliphatic heterocycles. The van der Waals surface area contributed by atoms with Gasteiger partial charge >= 0.3 is 5.97 Å². The molecule has 0 bridgehead atoms. The largest absolute Gasteiger partial charge is 0.469 e. The maximum Gasteiger partial charge on any atom is 0.313 e. The highest BCUT2D eigenvalue weighted by molar-refractivity contribution is 5.96. The minimum atomic E-state index is -0.344. The number of rotatable bonds is 3. The Morgan fingerprint density at radius 2 is 2.42 bits per heavy atom. The summed E-state index contributed by atoms with van der Waals surface area (Å²) in [7, 11) is 1.33. The molecule has 0 atom stereocenters. The summed E-state index contributed by atoms with van der Waals surface area (Å²) in [5.41, 5.74) is 5.48. The third-order valence-corrected chi connectivity index (χ3v) is 1.66. The molecule has 68 valence electrons. The zero-order valence-electron chi connectivity index (χ0n) is 7.04. The Morgan fingerprint density at radius 3 is 2.83 bits per heavy atom. The maximum absolute atomic E-state index is 10.7. The summed E-state index contributed by atoms with van der Waals surface area (Å²) in [4.78, 5) is 14.8. The Balaban J connectivity index is 2.30. The summed E-state index contributed by atoms with van der Waals surface area (Å²) in [5.74, 6) is 0.0110. The minimum Gasteiger partial charge on any atom is -0.469 e. The molecule has 12 heavy (non-hydrogen) atoms. The standard InChI is InChI=1S/C7H13N3O2/c1-12-7(11)2-6(8)10-5-3-9-4-5/h5,9H,2-4H2,1H3,(H2,8,10). The highest BCUT2D eigenvalue weighted by atomic mass is 16.5. The van der Waals surface area contributed by atoms with Gasteiger partial charge in [0.15, 0.2) is 0 Å². The van der Waals surface area contributed by atoms with Crippen molar-refractivity contribution in [3.05, 3.63) is 0 Å². The fourth-order valence-corrected chi connectivity index (χ4v) is 0.865. The Labute approximate surface area is 71.0 Å². The molecule has 1 fully saturated rings. The first-order valence-electron chi connectivity index (χ1n) is 3.82. The first kappa shape index (κ1) is 8.99. The summed E-state index contributed by atoms with van der Waals surface area (Å²) >= 11 is 0. The number of carbonyl (C=O) groups is 1. The van der Waals surface area contributed by atoms with Gasteiger partial charge in [0.05, 0.1) is 13.2 Å². The monoisotopic (exact) mass is 171 g/mol. The number of hydrogen-bond donors (Lipinski definition) is 2. The fourth-order valence-electron chi connectivity index (χ4n) is 0.865. The van der Waals surface area contributed by atoms with Crippen LogP contribution in [0.5, 0.6) is 0 Å². The van der Waals surface area contributed by atoms with Crippen LogP contribution < -0.4 is 11.1 Å². The third-order valence-electron chi connectivity index (χ3n) is 1.66. The van der Waals surface area contributed by atoms with Gasteiger partial charge in [-0.2, -0.15) is 0 Å². The van der Waals surface area contributed by atoms with Crippen LogP contribution in [0.2, 0.25) is 0 Å². The number of aliphatic imine (C=N–C) groups is 1. The van der Waals surface area contributed by atoms with Crippen LogP contribution in [0.4, 0.5) is 0 Å². The van der Waals surface area contributed by atoms with Gasteiger partial charge < -0.3 is 15.8 Å². The molecule has 0 spiro atoms. The summed E-state index contributed by atoms with van der Waals surface area (Å²) in [6, 6.07) is 0.245. The van der Waals surface area contributed by atoms with Gasteiger partial charge in [-0.25, -0.2) is 0 Å². The van der Waals surface area contributed by atoms with E-state index in [1.54, 1.807) is 0 Å². The Kier molecular flexibility index (Phi) is 3.04.